The van der Waals surface area contributed by atoms with Gasteiger partial charge in [-0.3, -0.25) is 9.69 Å². The third-order valence-electron chi connectivity index (χ3n) is 5.51. The maximum atomic E-state index is 13.4. The van der Waals surface area contributed by atoms with Gasteiger partial charge in [0.2, 0.25) is 0 Å². The number of anilines is 1. The maximum Gasteiger partial charge on any atom is 0.271 e. The Labute approximate surface area is 214 Å². The number of hydrogen-bond donors (Lipinski definition) is 0. The first kappa shape index (κ1) is 23.2. The number of rotatable bonds is 6. The smallest absolute Gasteiger partial charge is 0.271 e. The monoisotopic (exact) mass is 487 g/mol. The van der Waals surface area contributed by atoms with E-state index >= 15 is 0 Å². The first-order valence-electron chi connectivity index (χ1n) is 11.3. The molecule has 4 aromatic carbocycles. The Morgan fingerprint density at radius 2 is 1.53 bits per heavy atom. The van der Waals surface area contributed by atoms with Gasteiger partial charge in [0.05, 0.1) is 27.9 Å². The van der Waals surface area contributed by atoms with Crippen LogP contribution in [-0.2, 0) is 11.4 Å². The minimum absolute atomic E-state index is 0.116. The summed E-state index contributed by atoms with van der Waals surface area (Å²) in [5.74, 6) is 0.571. The Kier molecular flexibility index (Phi) is 6.93. The lowest BCUT2D eigenvalue weighted by Gasteiger charge is -2.15. The van der Waals surface area contributed by atoms with Gasteiger partial charge >= 0.3 is 0 Å². The Hall–Kier alpha value is -4.60. The number of ether oxygens (including phenoxy) is 1. The van der Waals surface area contributed by atoms with E-state index in [0.29, 0.717) is 28.0 Å². The highest BCUT2D eigenvalue weighted by molar-refractivity contribution is 8.19. The van der Waals surface area contributed by atoms with E-state index in [4.69, 9.17) is 9.73 Å². The lowest BCUT2D eigenvalue weighted by molar-refractivity contribution is -0.113. The third kappa shape index (κ3) is 5.22. The number of carbonyl (C=O) groups excluding carboxylic acids is 1. The standard InChI is InChI=1S/C30H21N3O2S/c31-20-23-9-7-8-10-24(23)21-35-27-17-15-22(16-18-27)19-28-29(34)33(26-13-5-2-6-14-26)30(36-28)32-25-11-3-1-4-12-25/h1-19H,21H2/b28-19+,32-30?. The highest BCUT2D eigenvalue weighted by atomic mass is 32.2. The van der Waals surface area contributed by atoms with E-state index in [0.717, 1.165) is 22.5 Å². The van der Waals surface area contributed by atoms with Gasteiger partial charge in [-0.25, -0.2) is 4.99 Å². The fraction of sp³-hybridized carbons (Fsp3) is 0.0333. The number of aliphatic imine (C=N–C) groups is 1. The minimum Gasteiger partial charge on any atom is -0.489 e. The van der Waals surface area contributed by atoms with Crippen molar-refractivity contribution in [2.75, 3.05) is 4.90 Å². The van der Waals surface area contributed by atoms with Crippen molar-refractivity contribution >= 4 is 40.3 Å². The Morgan fingerprint density at radius 1 is 0.861 bits per heavy atom. The summed E-state index contributed by atoms with van der Waals surface area (Å²) in [5.41, 5.74) is 3.88. The van der Waals surface area contributed by atoms with E-state index in [-0.39, 0.29) is 5.91 Å². The van der Waals surface area contributed by atoms with Gasteiger partial charge < -0.3 is 4.74 Å². The van der Waals surface area contributed by atoms with Gasteiger partial charge in [-0.05, 0) is 65.9 Å². The van der Waals surface area contributed by atoms with Crippen molar-refractivity contribution < 1.29 is 9.53 Å². The normalized spacial score (nSPS) is 15.3. The summed E-state index contributed by atoms with van der Waals surface area (Å²) in [6.07, 6.45) is 1.87. The van der Waals surface area contributed by atoms with Crippen LogP contribution in [0.1, 0.15) is 16.7 Å². The molecule has 1 fully saturated rings. The molecule has 0 bridgehead atoms. The summed E-state index contributed by atoms with van der Waals surface area (Å²) in [7, 11) is 0. The molecule has 1 aliphatic rings. The van der Waals surface area contributed by atoms with Crippen molar-refractivity contribution in [2.45, 2.75) is 6.61 Å². The van der Waals surface area contributed by atoms with Crippen molar-refractivity contribution in [1.29, 1.82) is 5.26 Å². The second-order valence-corrected chi connectivity index (χ2v) is 8.95. The lowest BCUT2D eigenvalue weighted by Crippen LogP contribution is -2.28. The van der Waals surface area contributed by atoms with E-state index in [9.17, 15) is 10.1 Å². The van der Waals surface area contributed by atoms with Crippen LogP contribution in [0.3, 0.4) is 0 Å². The molecular formula is C30H21N3O2S. The molecule has 1 saturated heterocycles. The molecule has 6 heteroatoms. The summed E-state index contributed by atoms with van der Waals surface area (Å²) in [5, 5.41) is 9.86. The van der Waals surface area contributed by atoms with Crippen molar-refractivity contribution in [3.63, 3.8) is 0 Å². The highest BCUT2D eigenvalue weighted by Gasteiger charge is 2.34. The van der Waals surface area contributed by atoms with Crippen LogP contribution in [0.4, 0.5) is 11.4 Å². The predicted octanol–water partition coefficient (Wildman–Crippen LogP) is 6.95. The number of nitrogens with zero attached hydrogens (tertiary/aromatic N) is 3. The topological polar surface area (TPSA) is 65.7 Å². The van der Waals surface area contributed by atoms with E-state index < -0.39 is 0 Å². The van der Waals surface area contributed by atoms with Gasteiger partial charge in [0.1, 0.15) is 12.4 Å². The number of thioether (sulfide) groups is 1. The average molecular weight is 488 g/mol. The van der Waals surface area contributed by atoms with Crippen LogP contribution in [0.2, 0.25) is 0 Å². The molecule has 0 saturated carbocycles. The molecule has 0 unspecified atom stereocenters. The van der Waals surface area contributed by atoms with Crippen molar-refractivity contribution in [1.82, 2.24) is 0 Å². The van der Waals surface area contributed by atoms with Crippen LogP contribution in [0.25, 0.3) is 6.08 Å². The van der Waals surface area contributed by atoms with E-state index in [1.165, 1.54) is 11.8 Å². The average Bonchev–Trinajstić information content (AvgIpc) is 3.23. The second kappa shape index (κ2) is 10.8. The van der Waals surface area contributed by atoms with Gasteiger partial charge in [-0.1, -0.05) is 66.7 Å². The number of para-hydroxylation sites is 2. The van der Waals surface area contributed by atoms with Crippen LogP contribution in [0.5, 0.6) is 5.75 Å². The van der Waals surface area contributed by atoms with Crippen LogP contribution in [-0.4, -0.2) is 11.1 Å². The fourth-order valence-electron chi connectivity index (χ4n) is 3.69. The molecule has 0 spiro atoms. The predicted molar refractivity (Wildman–Crippen MR) is 145 cm³/mol. The number of carbonyl (C=O) groups is 1. The Balaban J connectivity index is 1.37. The molecule has 5 rings (SSSR count). The molecule has 1 amide bonds. The molecule has 0 radical (unpaired) electrons. The zero-order valence-electron chi connectivity index (χ0n) is 19.2. The molecular weight excluding hydrogens is 466 g/mol. The molecule has 0 N–H and O–H groups in total. The molecule has 174 valence electrons. The van der Waals surface area contributed by atoms with Crippen LogP contribution in [0.15, 0.2) is 119 Å². The largest absolute Gasteiger partial charge is 0.489 e. The molecule has 36 heavy (non-hydrogen) atoms. The summed E-state index contributed by atoms with van der Waals surface area (Å²) in [6.45, 7) is 0.309. The Bertz CT molecular complexity index is 1470. The molecule has 0 aliphatic carbocycles. The van der Waals surface area contributed by atoms with Gasteiger partial charge in [-0.2, -0.15) is 5.26 Å². The Morgan fingerprint density at radius 3 is 2.25 bits per heavy atom. The van der Waals surface area contributed by atoms with Crippen molar-refractivity contribution in [2.24, 2.45) is 4.99 Å². The van der Waals surface area contributed by atoms with Gasteiger partial charge in [0, 0.05) is 5.56 Å². The van der Waals surface area contributed by atoms with Gasteiger partial charge in [-0.15, -0.1) is 0 Å². The zero-order chi connectivity index (χ0) is 24.7. The number of amidine groups is 1. The summed E-state index contributed by atoms with van der Waals surface area (Å²) in [4.78, 5) is 20.4. The lowest BCUT2D eigenvalue weighted by atomic mass is 10.1. The van der Waals surface area contributed by atoms with Gasteiger partial charge in [0.25, 0.3) is 5.91 Å². The molecule has 1 aliphatic heterocycles. The molecule has 5 nitrogen and oxygen atoms in total. The highest BCUT2D eigenvalue weighted by Crippen LogP contribution is 2.37. The zero-order valence-corrected chi connectivity index (χ0v) is 20.1. The minimum atomic E-state index is -0.116. The van der Waals surface area contributed by atoms with E-state index in [2.05, 4.69) is 6.07 Å². The van der Waals surface area contributed by atoms with Crippen molar-refractivity contribution in [3.05, 3.63) is 131 Å². The number of amides is 1. The number of benzene rings is 4. The molecule has 4 aromatic rings. The van der Waals surface area contributed by atoms with Crippen molar-refractivity contribution in [3.8, 4) is 11.8 Å². The number of nitriles is 1. The van der Waals surface area contributed by atoms with E-state index in [1.54, 1.807) is 11.0 Å². The first-order chi connectivity index (χ1) is 17.7. The molecule has 1 heterocycles. The van der Waals surface area contributed by atoms with Crippen LogP contribution >= 0.6 is 11.8 Å². The quantitative estimate of drug-likeness (QED) is 0.276. The van der Waals surface area contributed by atoms with Gasteiger partial charge in [0.15, 0.2) is 5.17 Å². The molecule has 0 atom stereocenters. The van der Waals surface area contributed by atoms with Crippen LogP contribution in [0, 0.1) is 11.3 Å². The second-order valence-electron chi connectivity index (χ2n) is 7.94. The third-order valence-corrected chi connectivity index (χ3v) is 6.48. The van der Waals surface area contributed by atoms with Crippen LogP contribution < -0.4 is 9.64 Å². The summed E-state index contributed by atoms with van der Waals surface area (Å²) < 4.78 is 5.87. The SMILES string of the molecule is N#Cc1ccccc1COc1ccc(/C=C2/SC(=Nc3ccccc3)N(c3ccccc3)C2=O)cc1. The fourth-order valence-corrected chi connectivity index (χ4v) is 4.70. The maximum absolute atomic E-state index is 13.4. The first-order valence-corrected chi connectivity index (χ1v) is 12.2. The molecule has 0 aromatic heterocycles. The van der Waals surface area contributed by atoms with E-state index in [1.807, 2.05) is 109 Å². The summed E-state index contributed by atoms with van der Waals surface area (Å²) in [6, 6.07) is 36.2. The summed E-state index contributed by atoms with van der Waals surface area (Å²) >= 11 is 1.35. The number of hydrogen-bond acceptors (Lipinski definition) is 5.